The third-order valence-electron chi connectivity index (χ3n) is 5.22. The van der Waals surface area contributed by atoms with Crippen molar-refractivity contribution in [2.24, 2.45) is 7.05 Å². The number of fused-ring (bicyclic) bond motifs is 2. The van der Waals surface area contributed by atoms with Crippen LogP contribution in [0.1, 0.15) is 23.1 Å². The van der Waals surface area contributed by atoms with Crippen LogP contribution >= 0.6 is 0 Å². The van der Waals surface area contributed by atoms with Gasteiger partial charge in [-0.05, 0) is 31.2 Å². The van der Waals surface area contributed by atoms with Gasteiger partial charge in [-0.25, -0.2) is 4.98 Å². The van der Waals surface area contributed by atoms with Crippen LogP contribution in [0.15, 0.2) is 66.9 Å². The highest BCUT2D eigenvalue weighted by Crippen LogP contribution is 2.27. The molecule has 0 radical (unpaired) electrons. The van der Waals surface area contributed by atoms with Crippen molar-refractivity contribution >= 4 is 27.9 Å². The molecule has 3 aromatic heterocycles. The molecule has 0 bridgehead atoms. The molecule has 0 saturated carbocycles. The topological polar surface area (TPSA) is 65.6 Å². The fourth-order valence-electron chi connectivity index (χ4n) is 3.70. The Labute approximate surface area is 167 Å². The van der Waals surface area contributed by atoms with E-state index in [0.717, 1.165) is 39.9 Å². The molecule has 29 heavy (non-hydrogen) atoms. The van der Waals surface area contributed by atoms with Crippen LogP contribution in [0.2, 0.25) is 0 Å². The average molecular weight is 381 g/mol. The number of carbonyl (C=O) groups is 1. The molecule has 0 unspecified atom stereocenters. The van der Waals surface area contributed by atoms with Crippen molar-refractivity contribution in [3.05, 3.63) is 78.2 Å². The lowest BCUT2D eigenvalue weighted by Crippen LogP contribution is -2.08. The molecule has 0 aliphatic rings. The van der Waals surface area contributed by atoms with Crippen LogP contribution in [-0.4, -0.2) is 30.1 Å². The van der Waals surface area contributed by atoms with Crippen LogP contribution in [-0.2, 0) is 13.6 Å². The summed E-state index contributed by atoms with van der Waals surface area (Å²) in [6.07, 6.45) is 1.77. The number of carbonyl (C=O) groups excluding carboxylic acids is 1. The maximum absolute atomic E-state index is 13.0. The summed E-state index contributed by atoms with van der Waals surface area (Å²) in [7, 11) is 1.87. The number of hydrogen-bond acceptors (Lipinski definition) is 4. The zero-order valence-electron chi connectivity index (χ0n) is 16.2. The van der Waals surface area contributed by atoms with Gasteiger partial charge in [-0.2, -0.15) is 5.10 Å². The number of ketones is 1. The Balaban J connectivity index is 1.54. The van der Waals surface area contributed by atoms with Crippen LogP contribution in [0, 0.1) is 0 Å². The van der Waals surface area contributed by atoms with Gasteiger partial charge in [0, 0.05) is 30.9 Å². The first kappa shape index (κ1) is 17.3. The van der Waals surface area contributed by atoms with Gasteiger partial charge in [-0.1, -0.05) is 36.4 Å². The quantitative estimate of drug-likeness (QED) is 0.437. The third kappa shape index (κ3) is 2.72. The number of aromatic nitrogens is 5. The van der Waals surface area contributed by atoms with Crippen molar-refractivity contribution < 1.29 is 4.79 Å². The number of hydrogen-bond donors (Lipinski definition) is 0. The van der Waals surface area contributed by atoms with E-state index in [4.69, 9.17) is 5.10 Å². The van der Waals surface area contributed by atoms with Gasteiger partial charge in [0.25, 0.3) is 0 Å². The normalized spacial score (nSPS) is 11.4. The van der Waals surface area contributed by atoms with E-state index in [1.165, 1.54) is 0 Å². The molecule has 0 amide bonds. The summed E-state index contributed by atoms with van der Waals surface area (Å²) in [5, 5.41) is 4.71. The van der Waals surface area contributed by atoms with E-state index >= 15 is 0 Å². The number of aryl methyl sites for hydroxylation is 2. The molecule has 0 spiro atoms. The fourth-order valence-corrected chi connectivity index (χ4v) is 3.70. The Morgan fingerprint density at radius 2 is 1.72 bits per heavy atom. The smallest absolute Gasteiger partial charge is 0.228 e. The molecule has 0 atom stereocenters. The van der Waals surface area contributed by atoms with Gasteiger partial charge in [0.2, 0.25) is 5.78 Å². The van der Waals surface area contributed by atoms with Crippen LogP contribution in [0.5, 0.6) is 0 Å². The Bertz CT molecular complexity index is 1360. The summed E-state index contributed by atoms with van der Waals surface area (Å²) < 4.78 is 3.78. The zero-order chi connectivity index (χ0) is 20.0. The number of para-hydroxylation sites is 2. The van der Waals surface area contributed by atoms with Crippen molar-refractivity contribution in [2.75, 3.05) is 0 Å². The van der Waals surface area contributed by atoms with E-state index in [-0.39, 0.29) is 5.78 Å². The molecular weight excluding hydrogens is 362 g/mol. The minimum Gasteiger partial charge on any atom is -0.324 e. The first-order chi connectivity index (χ1) is 14.2. The first-order valence-electron chi connectivity index (χ1n) is 9.55. The Kier molecular flexibility index (Phi) is 3.98. The van der Waals surface area contributed by atoms with E-state index in [1.807, 2.05) is 77.0 Å². The summed E-state index contributed by atoms with van der Waals surface area (Å²) in [6, 6.07) is 19.2. The molecular formula is C23H19N5O. The number of nitrogens with zero attached hydrogens (tertiary/aromatic N) is 5. The Hall–Kier alpha value is -3.80. The predicted octanol–water partition coefficient (Wildman–Crippen LogP) is 4.24. The molecule has 5 rings (SSSR count). The zero-order valence-corrected chi connectivity index (χ0v) is 16.2. The van der Waals surface area contributed by atoms with E-state index in [9.17, 15) is 4.79 Å². The summed E-state index contributed by atoms with van der Waals surface area (Å²) in [6.45, 7) is 2.83. The van der Waals surface area contributed by atoms with Gasteiger partial charge < -0.3 is 4.57 Å². The van der Waals surface area contributed by atoms with Gasteiger partial charge in [0.1, 0.15) is 11.2 Å². The van der Waals surface area contributed by atoms with E-state index in [0.29, 0.717) is 11.4 Å². The highest BCUT2D eigenvalue weighted by Gasteiger charge is 2.18. The largest absolute Gasteiger partial charge is 0.324 e. The van der Waals surface area contributed by atoms with E-state index in [2.05, 4.69) is 16.9 Å². The van der Waals surface area contributed by atoms with Crippen LogP contribution in [0.25, 0.3) is 33.3 Å². The average Bonchev–Trinajstić information content (AvgIpc) is 3.32. The van der Waals surface area contributed by atoms with Crippen LogP contribution in [0.4, 0.5) is 0 Å². The van der Waals surface area contributed by atoms with Crippen LogP contribution < -0.4 is 0 Å². The number of pyridine rings is 1. The van der Waals surface area contributed by atoms with Crippen molar-refractivity contribution in [2.45, 2.75) is 13.5 Å². The number of imidazole rings is 1. The maximum atomic E-state index is 13.0. The minimum absolute atomic E-state index is 0.0997. The van der Waals surface area contributed by atoms with Crippen molar-refractivity contribution in [3.63, 3.8) is 0 Å². The molecule has 2 aromatic carbocycles. The predicted molar refractivity (Wildman–Crippen MR) is 113 cm³/mol. The Morgan fingerprint density at radius 3 is 2.48 bits per heavy atom. The second kappa shape index (κ2) is 6.67. The SMILES string of the molecule is CCn1nc(-c2ccc(C(=O)c3nc4ccccc4n3C)cc2)c2ncccc21. The second-order valence-electron chi connectivity index (χ2n) is 6.93. The minimum atomic E-state index is -0.0997. The molecule has 5 aromatic rings. The first-order valence-corrected chi connectivity index (χ1v) is 9.55. The van der Waals surface area contributed by atoms with Gasteiger partial charge in [-0.15, -0.1) is 0 Å². The monoisotopic (exact) mass is 381 g/mol. The molecule has 0 aliphatic carbocycles. The molecule has 6 nitrogen and oxygen atoms in total. The second-order valence-corrected chi connectivity index (χ2v) is 6.93. The van der Waals surface area contributed by atoms with Crippen molar-refractivity contribution in [3.8, 4) is 11.3 Å². The summed E-state index contributed by atoms with van der Waals surface area (Å²) >= 11 is 0. The molecule has 0 aliphatic heterocycles. The van der Waals surface area contributed by atoms with Crippen molar-refractivity contribution in [1.29, 1.82) is 0 Å². The molecule has 0 N–H and O–H groups in total. The number of benzene rings is 2. The van der Waals surface area contributed by atoms with E-state index < -0.39 is 0 Å². The number of rotatable bonds is 4. The van der Waals surface area contributed by atoms with E-state index in [1.54, 1.807) is 6.20 Å². The summed E-state index contributed by atoms with van der Waals surface area (Å²) in [4.78, 5) is 22.0. The molecule has 0 saturated heterocycles. The molecule has 142 valence electrons. The van der Waals surface area contributed by atoms with Gasteiger partial charge in [0.15, 0.2) is 5.82 Å². The highest BCUT2D eigenvalue weighted by atomic mass is 16.1. The van der Waals surface area contributed by atoms with Crippen molar-refractivity contribution in [1.82, 2.24) is 24.3 Å². The molecule has 3 heterocycles. The lowest BCUT2D eigenvalue weighted by molar-refractivity contribution is 0.102. The highest BCUT2D eigenvalue weighted by molar-refractivity contribution is 6.08. The summed E-state index contributed by atoms with van der Waals surface area (Å²) in [5.41, 5.74) is 5.98. The fraction of sp³-hybridized carbons (Fsp3) is 0.130. The van der Waals surface area contributed by atoms with Gasteiger partial charge >= 0.3 is 0 Å². The summed E-state index contributed by atoms with van der Waals surface area (Å²) in [5.74, 6) is 0.332. The third-order valence-corrected chi connectivity index (χ3v) is 5.22. The molecule has 0 fully saturated rings. The van der Waals surface area contributed by atoms with Gasteiger partial charge in [-0.3, -0.25) is 14.5 Å². The Morgan fingerprint density at radius 1 is 0.966 bits per heavy atom. The lowest BCUT2D eigenvalue weighted by atomic mass is 10.1. The molecule has 6 heteroatoms. The van der Waals surface area contributed by atoms with Crippen LogP contribution in [0.3, 0.4) is 0 Å². The van der Waals surface area contributed by atoms with Gasteiger partial charge in [0.05, 0.1) is 16.6 Å². The lowest BCUT2D eigenvalue weighted by Gasteiger charge is -2.03. The maximum Gasteiger partial charge on any atom is 0.228 e. The standard InChI is InChI=1S/C23H19N5O/c1-3-28-19-9-6-14-24-21(19)20(26-28)15-10-12-16(13-11-15)22(29)23-25-17-7-4-5-8-18(17)27(23)2/h4-14H,3H2,1-2H3.